The van der Waals surface area contributed by atoms with Gasteiger partial charge in [-0.15, -0.1) is 0 Å². The molecule has 0 radical (unpaired) electrons. The lowest BCUT2D eigenvalue weighted by Gasteiger charge is -2.12. The van der Waals surface area contributed by atoms with Gasteiger partial charge in [0.2, 0.25) is 10.0 Å². The highest BCUT2D eigenvalue weighted by Gasteiger charge is 2.22. The Labute approximate surface area is 163 Å². The highest BCUT2D eigenvalue weighted by Crippen LogP contribution is 2.31. The number of quaternary nitrogens is 1. The van der Waals surface area contributed by atoms with Gasteiger partial charge in [0.05, 0.1) is 37.0 Å². The van der Waals surface area contributed by atoms with E-state index >= 15 is 0 Å². The average molecular weight is 414 g/mol. The number of nitro groups is 1. The minimum Gasteiger partial charge on any atom is -0.350 e. The number of rotatable bonds is 8. The second-order valence-electron chi connectivity index (χ2n) is 6.38. The third-order valence-electron chi connectivity index (χ3n) is 3.85. The molecule has 0 aliphatic carbocycles. The molecule has 2 aromatic carbocycles. The maximum atomic E-state index is 12.4. The van der Waals surface area contributed by atoms with Gasteiger partial charge in [0.1, 0.15) is 5.69 Å². The normalized spacial score (nSPS) is 11.6. The Morgan fingerprint density at radius 3 is 2.41 bits per heavy atom. The predicted molar refractivity (Wildman–Crippen MR) is 105 cm³/mol. The number of halogens is 1. The fourth-order valence-corrected chi connectivity index (χ4v) is 3.64. The first kappa shape index (κ1) is 21.1. The van der Waals surface area contributed by atoms with Crippen molar-refractivity contribution < 1.29 is 18.2 Å². The fraction of sp³-hybridized carbons (Fsp3) is 0.294. The molecule has 0 saturated heterocycles. The molecule has 0 fully saturated rings. The minimum atomic E-state index is -3.83. The molecule has 8 nitrogen and oxygen atoms in total. The Bertz CT molecular complexity index is 948. The Kier molecular flexibility index (Phi) is 6.77. The molecule has 3 N–H and O–H groups in total. The number of likely N-dealkylation sites (N-methyl/N-ethyl adjacent to an activating group) is 1. The van der Waals surface area contributed by atoms with Crippen molar-refractivity contribution >= 4 is 38.7 Å². The monoisotopic (exact) mass is 413 g/mol. The molecule has 0 bridgehead atoms. The van der Waals surface area contributed by atoms with Crippen LogP contribution in [0.5, 0.6) is 0 Å². The standard InChI is InChI=1S/C17H21ClN4O4S/c1-12-10-13(18)4-6-15(12)20-16-7-5-14(11-17(16)22(23)24)27(25,26)19-8-9-21(2)3/h4-7,10-11,19-20H,8-9H2,1-3H3/p+1. The molecule has 2 aromatic rings. The van der Waals surface area contributed by atoms with Gasteiger partial charge in [0, 0.05) is 16.8 Å². The number of hydrogen-bond donors (Lipinski definition) is 3. The zero-order valence-corrected chi connectivity index (χ0v) is 16.8. The van der Waals surface area contributed by atoms with Crippen molar-refractivity contribution in [1.82, 2.24) is 4.72 Å². The molecule has 0 unspecified atom stereocenters. The van der Waals surface area contributed by atoms with Gasteiger partial charge >= 0.3 is 0 Å². The van der Waals surface area contributed by atoms with E-state index in [0.29, 0.717) is 17.3 Å². The molecule has 146 valence electrons. The molecule has 2 rings (SSSR count). The third kappa shape index (κ3) is 5.64. The van der Waals surface area contributed by atoms with Gasteiger partial charge in [-0.05, 0) is 42.8 Å². The van der Waals surface area contributed by atoms with Gasteiger partial charge in [-0.3, -0.25) is 10.1 Å². The molecule has 27 heavy (non-hydrogen) atoms. The van der Waals surface area contributed by atoms with E-state index in [1.165, 1.54) is 12.1 Å². The quantitative estimate of drug-likeness (QED) is 0.451. The summed E-state index contributed by atoms with van der Waals surface area (Å²) in [6.07, 6.45) is 0. The fourth-order valence-electron chi connectivity index (χ4n) is 2.37. The van der Waals surface area contributed by atoms with Crippen molar-refractivity contribution in [2.75, 3.05) is 32.5 Å². The summed E-state index contributed by atoms with van der Waals surface area (Å²) >= 11 is 5.92. The van der Waals surface area contributed by atoms with E-state index in [-0.39, 0.29) is 22.8 Å². The van der Waals surface area contributed by atoms with Gasteiger partial charge in [-0.25, -0.2) is 13.1 Å². The molecule has 0 saturated carbocycles. The van der Waals surface area contributed by atoms with Gasteiger partial charge in [-0.2, -0.15) is 0 Å². The summed E-state index contributed by atoms with van der Waals surface area (Å²) in [5.41, 5.74) is 1.32. The van der Waals surface area contributed by atoms with Crippen LogP contribution in [0.3, 0.4) is 0 Å². The number of anilines is 2. The topological polar surface area (TPSA) is 106 Å². The van der Waals surface area contributed by atoms with Crippen molar-refractivity contribution in [3.63, 3.8) is 0 Å². The number of sulfonamides is 1. The van der Waals surface area contributed by atoms with Crippen molar-refractivity contribution in [1.29, 1.82) is 0 Å². The van der Waals surface area contributed by atoms with Crippen LogP contribution in [0.25, 0.3) is 0 Å². The molecule has 0 heterocycles. The predicted octanol–water partition coefficient (Wildman–Crippen LogP) is 1.72. The Hall–Kier alpha value is -2.20. The summed E-state index contributed by atoms with van der Waals surface area (Å²) < 4.78 is 27.2. The van der Waals surface area contributed by atoms with E-state index in [4.69, 9.17) is 11.6 Å². The van der Waals surface area contributed by atoms with Gasteiger partial charge in [0.25, 0.3) is 5.69 Å². The first-order valence-corrected chi connectivity index (χ1v) is 10.1. The lowest BCUT2D eigenvalue weighted by atomic mass is 10.2. The van der Waals surface area contributed by atoms with E-state index in [9.17, 15) is 18.5 Å². The molecule has 0 aromatic heterocycles. The summed E-state index contributed by atoms with van der Waals surface area (Å²) in [6, 6.07) is 8.88. The van der Waals surface area contributed by atoms with Crippen LogP contribution in [0.4, 0.5) is 17.1 Å². The maximum absolute atomic E-state index is 12.4. The molecule has 0 atom stereocenters. The van der Waals surface area contributed by atoms with E-state index in [1.54, 1.807) is 18.2 Å². The Morgan fingerprint density at radius 2 is 1.81 bits per heavy atom. The maximum Gasteiger partial charge on any atom is 0.294 e. The van der Waals surface area contributed by atoms with Crippen LogP contribution in [0, 0.1) is 17.0 Å². The van der Waals surface area contributed by atoms with Gasteiger partial charge in [-0.1, -0.05) is 11.6 Å². The number of nitro benzene ring substituents is 1. The Morgan fingerprint density at radius 1 is 1.15 bits per heavy atom. The second kappa shape index (κ2) is 8.66. The number of aryl methyl sites for hydroxylation is 1. The van der Waals surface area contributed by atoms with Gasteiger partial charge in [0.15, 0.2) is 0 Å². The van der Waals surface area contributed by atoms with E-state index in [0.717, 1.165) is 16.5 Å². The largest absolute Gasteiger partial charge is 0.350 e. The SMILES string of the molecule is Cc1cc(Cl)ccc1Nc1ccc(S(=O)(=O)NCC[NH+](C)C)cc1[N+](=O)[O-]. The van der Waals surface area contributed by atoms with Crippen LogP contribution in [-0.4, -0.2) is 40.5 Å². The lowest BCUT2D eigenvalue weighted by Crippen LogP contribution is -3.06. The van der Waals surface area contributed by atoms with Crippen LogP contribution in [0.15, 0.2) is 41.3 Å². The molecular formula is C17H22ClN4O4S+. The summed E-state index contributed by atoms with van der Waals surface area (Å²) in [5.74, 6) is 0. The zero-order chi connectivity index (χ0) is 20.2. The summed E-state index contributed by atoms with van der Waals surface area (Å²) in [4.78, 5) is 11.8. The third-order valence-corrected chi connectivity index (χ3v) is 5.54. The summed E-state index contributed by atoms with van der Waals surface area (Å²) in [7, 11) is -0.0261. The second-order valence-corrected chi connectivity index (χ2v) is 8.58. The highest BCUT2D eigenvalue weighted by atomic mass is 35.5. The smallest absolute Gasteiger partial charge is 0.294 e. The number of nitrogens with one attached hydrogen (secondary N) is 3. The van der Waals surface area contributed by atoms with Crippen molar-refractivity contribution in [2.45, 2.75) is 11.8 Å². The minimum absolute atomic E-state index is 0.152. The van der Waals surface area contributed by atoms with Crippen LogP contribution in [0.2, 0.25) is 5.02 Å². The zero-order valence-electron chi connectivity index (χ0n) is 15.2. The highest BCUT2D eigenvalue weighted by molar-refractivity contribution is 7.89. The average Bonchev–Trinajstić information content (AvgIpc) is 2.56. The summed E-state index contributed by atoms with van der Waals surface area (Å²) in [6.45, 7) is 2.65. The van der Waals surface area contributed by atoms with Crippen molar-refractivity contribution in [3.05, 3.63) is 57.1 Å². The Balaban J connectivity index is 2.32. The molecule has 0 amide bonds. The van der Waals surface area contributed by atoms with E-state index in [1.807, 2.05) is 21.0 Å². The first-order valence-electron chi connectivity index (χ1n) is 8.20. The van der Waals surface area contributed by atoms with E-state index in [2.05, 4.69) is 10.0 Å². The molecule has 10 heteroatoms. The van der Waals surface area contributed by atoms with E-state index < -0.39 is 14.9 Å². The molecule has 0 aliphatic heterocycles. The molecular weight excluding hydrogens is 392 g/mol. The van der Waals surface area contributed by atoms with Crippen molar-refractivity contribution in [2.24, 2.45) is 0 Å². The number of nitrogens with zero attached hydrogens (tertiary/aromatic N) is 1. The van der Waals surface area contributed by atoms with Gasteiger partial charge < -0.3 is 10.2 Å². The number of benzene rings is 2. The first-order chi connectivity index (χ1) is 12.6. The summed E-state index contributed by atoms with van der Waals surface area (Å²) in [5, 5.41) is 15.0. The lowest BCUT2D eigenvalue weighted by molar-refractivity contribution is -0.856. The van der Waals surface area contributed by atoms with Crippen molar-refractivity contribution in [3.8, 4) is 0 Å². The van der Waals surface area contributed by atoms with Crippen LogP contribution in [-0.2, 0) is 10.0 Å². The van der Waals surface area contributed by atoms with Crippen LogP contribution < -0.4 is 14.9 Å². The molecule has 0 aliphatic rings. The molecule has 0 spiro atoms. The van der Waals surface area contributed by atoms with Crippen LogP contribution >= 0.6 is 11.6 Å². The van der Waals surface area contributed by atoms with Crippen LogP contribution in [0.1, 0.15) is 5.56 Å². The number of hydrogen-bond acceptors (Lipinski definition) is 5.